The molecule has 0 saturated carbocycles. The Hall–Kier alpha value is -2.53. The summed E-state index contributed by atoms with van der Waals surface area (Å²) in [5.41, 5.74) is -1.47. The first-order valence-electron chi connectivity index (χ1n) is 14.5. The summed E-state index contributed by atoms with van der Waals surface area (Å²) < 4.78 is 22.8. The summed E-state index contributed by atoms with van der Waals surface area (Å²) in [6.45, 7) is 10.4. The zero-order chi connectivity index (χ0) is 30.7. The van der Waals surface area contributed by atoms with Crippen molar-refractivity contribution in [3.63, 3.8) is 0 Å². The predicted molar refractivity (Wildman–Crippen MR) is 149 cm³/mol. The van der Waals surface area contributed by atoms with Crippen molar-refractivity contribution in [3.05, 3.63) is 35.6 Å². The van der Waals surface area contributed by atoms with Gasteiger partial charge in [0, 0.05) is 31.4 Å². The topological polar surface area (TPSA) is 149 Å². The largest absolute Gasteiger partial charge is 0.483 e. The molecule has 4 bridgehead atoms. The first kappa shape index (κ1) is 33.0. The van der Waals surface area contributed by atoms with Crippen LogP contribution in [0.2, 0.25) is 0 Å². The zero-order valence-corrected chi connectivity index (χ0v) is 25.2. The molecule has 3 N–H and O–H groups in total. The van der Waals surface area contributed by atoms with Crippen molar-refractivity contribution in [2.45, 2.75) is 115 Å². The Morgan fingerprint density at radius 1 is 1.07 bits per heavy atom. The second-order valence-electron chi connectivity index (χ2n) is 12.2. The van der Waals surface area contributed by atoms with Crippen LogP contribution in [0, 0.1) is 17.8 Å². The molecule has 0 spiro atoms. The van der Waals surface area contributed by atoms with Crippen molar-refractivity contribution in [2.24, 2.45) is 17.8 Å². The van der Waals surface area contributed by atoms with Gasteiger partial charge < -0.3 is 34.3 Å². The number of aliphatic hydroxyl groups excluding tert-OH is 2. The number of hydrogen-bond donors (Lipinski definition) is 3. The Morgan fingerprint density at radius 2 is 1.76 bits per heavy atom. The maximum Gasteiger partial charge on any atom is 0.313 e. The molecule has 3 aliphatic heterocycles. The normalized spacial score (nSPS) is 41.4. The number of allylic oxidation sites excluding steroid dienone is 2. The van der Waals surface area contributed by atoms with Crippen LogP contribution in [0.3, 0.4) is 0 Å². The fourth-order valence-corrected chi connectivity index (χ4v) is 5.86. The van der Waals surface area contributed by atoms with Crippen molar-refractivity contribution >= 4 is 17.7 Å². The van der Waals surface area contributed by atoms with Gasteiger partial charge in [-0.1, -0.05) is 38.5 Å². The second kappa shape index (κ2) is 13.2. The SMILES string of the molecule is CCC12C=CC(C)=CC(C)(O)CCC(OC)C(C)C(O)C(C)C(O)C3OC(=CC3=O)CC(=O)OC(C1)C(C)C(=O)O2. The number of carbonyl (C=O) groups excluding carboxylic acids is 3. The lowest BCUT2D eigenvalue weighted by molar-refractivity contribution is -0.187. The summed E-state index contributed by atoms with van der Waals surface area (Å²) in [7, 11) is 1.53. The standard InChI is InChI=1S/C31H46O10/c1-8-31-12-9-17(2)15-30(6,37)11-10-23(38-7)18(3)26(34)20(5)27(35)28-22(32)13-21(39-28)14-25(33)40-24(16-31)19(4)29(36)41-31/h9,12-13,15,18-20,23-24,26-28,34-35,37H,8,10-11,14,16H2,1-7H3. The number of fused-ring (bicyclic) bond motifs is 4. The molecule has 3 rings (SSSR count). The summed E-state index contributed by atoms with van der Waals surface area (Å²) in [4.78, 5) is 38.4. The number of hydrogen-bond acceptors (Lipinski definition) is 10. The third kappa shape index (κ3) is 7.85. The molecule has 41 heavy (non-hydrogen) atoms. The van der Waals surface area contributed by atoms with E-state index in [-0.39, 0.29) is 18.6 Å². The summed E-state index contributed by atoms with van der Waals surface area (Å²) in [6, 6.07) is 0. The van der Waals surface area contributed by atoms with E-state index in [9.17, 15) is 29.7 Å². The van der Waals surface area contributed by atoms with E-state index >= 15 is 0 Å². The quantitative estimate of drug-likeness (QED) is 0.418. The third-order valence-electron chi connectivity index (χ3n) is 8.78. The Morgan fingerprint density at radius 3 is 2.39 bits per heavy atom. The highest BCUT2D eigenvalue weighted by molar-refractivity contribution is 5.97. The lowest BCUT2D eigenvalue weighted by Crippen LogP contribution is -2.49. The minimum absolute atomic E-state index is 0.0510. The lowest BCUT2D eigenvalue weighted by atomic mass is 9.81. The fraction of sp³-hybridized carbons (Fsp3) is 0.710. The van der Waals surface area contributed by atoms with Crippen LogP contribution in [0.15, 0.2) is 35.6 Å². The first-order valence-corrected chi connectivity index (χ1v) is 14.5. The number of rotatable bonds is 2. The molecule has 230 valence electrons. The lowest BCUT2D eigenvalue weighted by Gasteiger charge is -2.40. The van der Waals surface area contributed by atoms with Gasteiger partial charge in [0.15, 0.2) is 6.10 Å². The highest BCUT2D eigenvalue weighted by atomic mass is 16.6. The fourth-order valence-electron chi connectivity index (χ4n) is 5.86. The van der Waals surface area contributed by atoms with Gasteiger partial charge in [-0.3, -0.25) is 14.4 Å². The van der Waals surface area contributed by atoms with E-state index in [0.717, 1.165) is 11.6 Å². The highest BCUT2D eigenvalue weighted by Crippen LogP contribution is 2.36. The van der Waals surface area contributed by atoms with Gasteiger partial charge in [-0.2, -0.15) is 0 Å². The van der Waals surface area contributed by atoms with E-state index in [4.69, 9.17) is 18.9 Å². The van der Waals surface area contributed by atoms with Crippen molar-refractivity contribution in [3.8, 4) is 0 Å². The molecule has 10 atom stereocenters. The summed E-state index contributed by atoms with van der Waals surface area (Å²) in [6.07, 6.45) is 2.61. The van der Waals surface area contributed by atoms with Gasteiger partial charge in [0.05, 0.1) is 23.7 Å². The van der Waals surface area contributed by atoms with Gasteiger partial charge in [-0.05, 0) is 46.1 Å². The predicted octanol–water partition coefficient (Wildman–Crippen LogP) is 2.93. The van der Waals surface area contributed by atoms with Crippen LogP contribution in [0.25, 0.3) is 0 Å². The molecular formula is C31H46O10. The Bertz CT molecular complexity index is 1070. The Balaban J connectivity index is 1.96. The molecule has 0 aromatic carbocycles. The molecule has 10 unspecified atom stereocenters. The summed E-state index contributed by atoms with van der Waals surface area (Å²) in [5, 5.41) is 33.2. The van der Waals surface area contributed by atoms with E-state index < -0.39 is 77.2 Å². The molecule has 0 aromatic heterocycles. The van der Waals surface area contributed by atoms with Gasteiger partial charge in [-0.15, -0.1) is 0 Å². The number of carbonyl (C=O) groups is 3. The van der Waals surface area contributed by atoms with E-state index in [0.29, 0.717) is 19.3 Å². The Kier molecular flexibility index (Phi) is 10.6. The number of ketones is 1. The smallest absolute Gasteiger partial charge is 0.313 e. The second-order valence-corrected chi connectivity index (χ2v) is 12.2. The van der Waals surface area contributed by atoms with E-state index in [1.807, 2.05) is 13.8 Å². The first-order chi connectivity index (χ1) is 19.1. The minimum atomic E-state index is -1.35. The molecule has 0 amide bonds. The molecule has 1 saturated heterocycles. The molecule has 3 aliphatic rings. The summed E-state index contributed by atoms with van der Waals surface area (Å²) >= 11 is 0. The van der Waals surface area contributed by atoms with Crippen LogP contribution in [-0.4, -0.2) is 81.9 Å². The van der Waals surface area contributed by atoms with Crippen LogP contribution < -0.4 is 0 Å². The van der Waals surface area contributed by atoms with Crippen molar-refractivity contribution in [1.29, 1.82) is 0 Å². The highest BCUT2D eigenvalue weighted by Gasteiger charge is 2.46. The van der Waals surface area contributed by atoms with E-state index in [1.54, 1.807) is 45.9 Å². The van der Waals surface area contributed by atoms with Crippen LogP contribution >= 0.6 is 0 Å². The van der Waals surface area contributed by atoms with Crippen molar-refractivity contribution in [1.82, 2.24) is 0 Å². The summed E-state index contributed by atoms with van der Waals surface area (Å²) in [5.74, 6) is -3.54. The molecule has 3 heterocycles. The molecule has 0 aromatic rings. The third-order valence-corrected chi connectivity index (χ3v) is 8.78. The number of esters is 2. The molecule has 0 aliphatic carbocycles. The van der Waals surface area contributed by atoms with Gasteiger partial charge in [0.25, 0.3) is 0 Å². The van der Waals surface area contributed by atoms with Gasteiger partial charge >= 0.3 is 11.9 Å². The van der Waals surface area contributed by atoms with Crippen LogP contribution in [-0.2, 0) is 33.3 Å². The maximum atomic E-state index is 12.9. The average molecular weight is 579 g/mol. The van der Waals surface area contributed by atoms with E-state index in [2.05, 4.69) is 0 Å². The molecular weight excluding hydrogens is 532 g/mol. The van der Waals surface area contributed by atoms with E-state index in [1.165, 1.54) is 7.11 Å². The molecule has 10 heteroatoms. The van der Waals surface area contributed by atoms with Gasteiger partial charge in [0.1, 0.15) is 30.0 Å². The number of aliphatic hydroxyl groups is 3. The number of ether oxygens (including phenoxy) is 4. The minimum Gasteiger partial charge on any atom is -0.483 e. The van der Waals surface area contributed by atoms with Crippen LogP contribution in [0.4, 0.5) is 0 Å². The van der Waals surface area contributed by atoms with Crippen LogP contribution in [0.5, 0.6) is 0 Å². The van der Waals surface area contributed by atoms with Gasteiger partial charge in [-0.25, -0.2) is 0 Å². The van der Waals surface area contributed by atoms with Crippen molar-refractivity contribution < 1.29 is 48.7 Å². The molecule has 10 nitrogen and oxygen atoms in total. The Labute approximate surface area is 242 Å². The number of methoxy groups -OCH3 is 1. The van der Waals surface area contributed by atoms with Crippen molar-refractivity contribution in [2.75, 3.05) is 7.11 Å². The van der Waals surface area contributed by atoms with Gasteiger partial charge in [0.2, 0.25) is 5.78 Å². The zero-order valence-electron chi connectivity index (χ0n) is 25.2. The maximum absolute atomic E-state index is 12.9. The molecule has 0 radical (unpaired) electrons. The average Bonchev–Trinajstić information content (AvgIpc) is 3.27. The van der Waals surface area contributed by atoms with Crippen LogP contribution in [0.1, 0.15) is 73.6 Å². The molecule has 1 fully saturated rings. The monoisotopic (exact) mass is 578 g/mol.